The first kappa shape index (κ1) is 23.4. The lowest BCUT2D eigenvalue weighted by Gasteiger charge is -2.42. The zero-order chi connectivity index (χ0) is 21.6. The van der Waals surface area contributed by atoms with E-state index in [9.17, 15) is 13.2 Å². The van der Waals surface area contributed by atoms with Gasteiger partial charge in [-0.1, -0.05) is 37.5 Å². The topological polar surface area (TPSA) is 114 Å². The lowest BCUT2D eigenvalue weighted by atomic mass is 9.84. The van der Waals surface area contributed by atoms with E-state index in [0.29, 0.717) is 5.92 Å². The van der Waals surface area contributed by atoms with E-state index in [0.717, 1.165) is 62.7 Å². The van der Waals surface area contributed by atoms with Crippen molar-refractivity contribution in [2.75, 3.05) is 25.6 Å². The summed E-state index contributed by atoms with van der Waals surface area (Å²) in [6, 6.07) is 0.286. The van der Waals surface area contributed by atoms with Gasteiger partial charge in [0, 0.05) is 25.7 Å². The van der Waals surface area contributed by atoms with Gasteiger partial charge >= 0.3 is 6.03 Å². The average molecular weight is 460 g/mol. The molecule has 2 N–H and O–H groups in total. The molecule has 0 atom stereocenters. The summed E-state index contributed by atoms with van der Waals surface area (Å²) >= 11 is 0.865. The van der Waals surface area contributed by atoms with Crippen molar-refractivity contribution in [2.24, 2.45) is 5.92 Å². The van der Waals surface area contributed by atoms with Crippen LogP contribution >= 0.6 is 11.3 Å². The Morgan fingerprint density at radius 3 is 2.43 bits per heavy atom. The predicted octanol–water partition coefficient (Wildman–Crippen LogP) is 3.21. The minimum Gasteiger partial charge on any atom is -0.383 e. The van der Waals surface area contributed by atoms with Gasteiger partial charge in [0.1, 0.15) is 0 Å². The summed E-state index contributed by atoms with van der Waals surface area (Å²) in [5.74, 6) is 0.707. The molecule has 2 amide bonds. The molecule has 2 fully saturated rings. The second-order valence-corrected chi connectivity index (χ2v) is 11.2. The summed E-state index contributed by atoms with van der Waals surface area (Å²) in [5, 5.41) is 10.7. The molecule has 1 aromatic heterocycles. The van der Waals surface area contributed by atoms with Crippen LogP contribution in [0.4, 0.5) is 9.93 Å². The molecule has 0 bridgehead atoms. The number of urea groups is 1. The van der Waals surface area contributed by atoms with Crippen molar-refractivity contribution in [3.8, 4) is 0 Å². The van der Waals surface area contributed by atoms with Crippen molar-refractivity contribution in [2.45, 2.75) is 81.1 Å². The number of carbonyl (C=O) groups excluding carboxylic acids is 1. The summed E-state index contributed by atoms with van der Waals surface area (Å²) in [6.07, 6.45) is 9.87. The van der Waals surface area contributed by atoms with Gasteiger partial charge in [-0.05, 0) is 44.4 Å². The van der Waals surface area contributed by atoms with E-state index in [2.05, 4.69) is 27.2 Å². The average Bonchev–Trinajstić information content (AvgIpc) is 3.20. The molecule has 0 aromatic carbocycles. The summed E-state index contributed by atoms with van der Waals surface area (Å²) in [7, 11) is -2.27. The third-order valence-electron chi connectivity index (χ3n) is 6.03. The molecule has 3 rings (SSSR count). The van der Waals surface area contributed by atoms with Crippen molar-refractivity contribution in [3.05, 3.63) is 0 Å². The number of ether oxygens (including phenoxy) is 1. The van der Waals surface area contributed by atoms with Gasteiger partial charge in [0.25, 0.3) is 10.0 Å². The van der Waals surface area contributed by atoms with Crippen LogP contribution in [0.3, 0.4) is 0 Å². The summed E-state index contributed by atoms with van der Waals surface area (Å²) in [5.41, 5.74) is 0. The lowest BCUT2D eigenvalue weighted by molar-refractivity contribution is 0.105. The highest BCUT2D eigenvalue weighted by Crippen LogP contribution is 2.33. The number of sulfonamides is 1. The molecule has 30 heavy (non-hydrogen) atoms. The molecule has 1 heterocycles. The Balaban J connectivity index is 1.68. The fourth-order valence-corrected chi connectivity index (χ4v) is 6.32. The highest BCUT2D eigenvalue weighted by molar-refractivity contribution is 7.91. The monoisotopic (exact) mass is 459 g/mol. The Morgan fingerprint density at radius 1 is 1.10 bits per heavy atom. The number of aromatic nitrogens is 2. The van der Waals surface area contributed by atoms with Crippen LogP contribution in [0, 0.1) is 5.92 Å². The van der Waals surface area contributed by atoms with Crippen LogP contribution < -0.4 is 10.0 Å². The van der Waals surface area contributed by atoms with Crippen LogP contribution in [-0.2, 0) is 14.8 Å². The molecule has 0 spiro atoms. The van der Waals surface area contributed by atoms with Gasteiger partial charge in [0.05, 0.1) is 6.61 Å². The van der Waals surface area contributed by atoms with E-state index >= 15 is 0 Å². The summed E-state index contributed by atoms with van der Waals surface area (Å²) in [6.45, 7) is 2.68. The maximum atomic E-state index is 13.2. The van der Waals surface area contributed by atoms with E-state index in [4.69, 9.17) is 4.74 Å². The van der Waals surface area contributed by atoms with Gasteiger partial charge in [-0.15, -0.1) is 10.2 Å². The number of hydrogen-bond acceptors (Lipinski definition) is 7. The van der Waals surface area contributed by atoms with Crippen molar-refractivity contribution >= 4 is 32.5 Å². The maximum absolute atomic E-state index is 13.2. The smallest absolute Gasteiger partial charge is 0.324 e. The molecule has 1 aromatic rings. The second-order valence-electron chi connectivity index (χ2n) is 8.31. The molecule has 11 heteroatoms. The first-order valence-corrected chi connectivity index (χ1v) is 13.1. The Morgan fingerprint density at radius 2 is 1.77 bits per heavy atom. The quantitative estimate of drug-likeness (QED) is 0.456. The molecule has 170 valence electrons. The number of hydrogen-bond donors (Lipinski definition) is 2. The Bertz CT molecular complexity index is 787. The fraction of sp³-hybridized carbons (Fsp3) is 0.842. The van der Waals surface area contributed by atoms with Gasteiger partial charge in [0.2, 0.25) is 9.47 Å². The number of nitrogens with zero attached hydrogens (tertiary/aromatic N) is 3. The standard InChI is InChI=1S/C19H33N5O4S2/c1-14-8-10-16(11-9-14)24(15-6-4-3-5-7-15)18(25)21-17-22-23-19(29-17)30(26,27)20-12-13-28-2/h14-16,20H,3-13H2,1-2H3,(H,21,22,25)/t14-,16-. The van der Waals surface area contributed by atoms with Crippen LogP contribution in [0.25, 0.3) is 0 Å². The third kappa shape index (κ3) is 6.12. The number of nitrogens with one attached hydrogen (secondary N) is 2. The van der Waals surface area contributed by atoms with Gasteiger partial charge in [-0.3, -0.25) is 5.32 Å². The van der Waals surface area contributed by atoms with Crippen LogP contribution in [0.5, 0.6) is 0 Å². The van der Waals surface area contributed by atoms with Crippen molar-refractivity contribution in [1.29, 1.82) is 0 Å². The SMILES string of the molecule is COCCNS(=O)(=O)c1nnc(NC(=O)N(C2CCCCC2)[C@H]2CC[C@H](C)CC2)s1. The number of rotatable bonds is 8. The van der Waals surface area contributed by atoms with Gasteiger partial charge in [0.15, 0.2) is 0 Å². The zero-order valence-electron chi connectivity index (χ0n) is 17.8. The largest absolute Gasteiger partial charge is 0.383 e. The molecular formula is C19H33N5O4S2. The van der Waals surface area contributed by atoms with Crippen LogP contribution in [-0.4, -0.2) is 61.9 Å². The van der Waals surface area contributed by atoms with Crippen molar-refractivity contribution < 1.29 is 17.9 Å². The predicted molar refractivity (Wildman–Crippen MR) is 116 cm³/mol. The lowest BCUT2D eigenvalue weighted by Crippen LogP contribution is -2.51. The molecule has 0 saturated heterocycles. The van der Waals surface area contributed by atoms with E-state index in [-0.39, 0.29) is 40.7 Å². The molecular weight excluding hydrogens is 426 g/mol. The maximum Gasteiger partial charge on any atom is 0.324 e. The normalized spacial score (nSPS) is 23.3. The number of carbonyl (C=O) groups is 1. The van der Waals surface area contributed by atoms with Crippen molar-refractivity contribution in [1.82, 2.24) is 19.8 Å². The molecule has 9 nitrogen and oxygen atoms in total. The third-order valence-corrected chi connectivity index (χ3v) is 8.70. The summed E-state index contributed by atoms with van der Waals surface area (Å²) in [4.78, 5) is 15.3. The van der Waals surface area contributed by atoms with E-state index < -0.39 is 10.0 Å². The molecule has 2 aliphatic rings. The molecule has 0 radical (unpaired) electrons. The molecule has 2 saturated carbocycles. The van der Waals surface area contributed by atoms with Gasteiger partial charge in [-0.2, -0.15) is 0 Å². The van der Waals surface area contributed by atoms with Crippen LogP contribution in [0.15, 0.2) is 4.34 Å². The van der Waals surface area contributed by atoms with E-state index in [1.54, 1.807) is 0 Å². The first-order valence-electron chi connectivity index (χ1n) is 10.8. The van der Waals surface area contributed by atoms with Crippen molar-refractivity contribution in [3.63, 3.8) is 0 Å². The number of amides is 2. The van der Waals surface area contributed by atoms with Crippen LogP contribution in [0.1, 0.15) is 64.7 Å². The highest BCUT2D eigenvalue weighted by atomic mass is 32.2. The Kier molecular flexibility index (Phi) is 8.44. The second kappa shape index (κ2) is 10.8. The Labute approximate surface area is 183 Å². The zero-order valence-corrected chi connectivity index (χ0v) is 19.4. The van der Waals surface area contributed by atoms with Gasteiger partial charge < -0.3 is 9.64 Å². The van der Waals surface area contributed by atoms with Gasteiger partial charge in [-0.25, -0.2) is 17.9 Å². The fourth-order valence-electron chi connectivity index (χ4n) is 4.37. The minimum atomic E-state index is -3.76. The number of anilines is 1. The molecule has 0 aliphatic heterocycles. The summed E-state index contributed by atoms with van der Waals surface area (Å²) < 4.78 is 31.7. The first-order chi connectivity index (χ1) is 14.4. The highest BCUT2D eigenvalue weighted by Gasteiger charge is 2.34. The van der Waals surface area contributed by atoms with E-state index in [1.165, 1.54) is 13.5 Å². The molecule has 0 unspecified atom stereocenters. The minimum absolute atomic E-state index is 0.148. The molecule has 2 aliphatic carbocycles. The van der Waals surface area contributed by atoms with Crippen LogP contribution in [0.2, 0.25) is 0 Å². The Hall–Kier alpha value is -1.30. The number of methoxy groups -OCH3 is 1. The van der Waals surface area contributed by atoms with E-state index in [1.807, 2.05) is 4.90 Å².